The molecule has 0 amide bonds. The number of hydrogen-bond donors (Lipinski definition) is 2. The van der Waals surface area contributed by atoms with Crippen molar-refractivity contribution in [3.8, 4) is 0 Å². The number of nitrogens with one attached hydrogen (secondary N) is 2. The molecule has 6 heteroatoms. The smallest absolute Gasteiger partial charge is 0.191 e. The summed E-state index contributed by atoms with van der Waals surface area (Å²) >= 11 is 3.51. The molecule has 0 heterocycles. The summed E-state index contributed by atoms with van der Waals surface area (Å²) < 4.78 is 13.4. The molecule has 0 aromatic heterocycles. The molecule has 0 unspecified atom stereocenters. The Bertz CT molecular complexity index is 413. The molecule has 2 N–H and O–H groups in total. The van der Waals surface area contributed by atoms with Gasteiger partial charge in [0.2, 0.25) is 0 Å². The second-order valence-electron chi connectivity index (χ2n) is 4.06. The Morgan fingerprint density at radius 3 is 2.55 bits per heavy atom. The van der Waals surface area contributed by atoms with Gasteiger partial charge in [0.25, 0.3) is 0 Å². The molecule has 0 radical (unpaired) electrons. The minimum Gasteiger partial charge on any atom is -0.356 e. The van der Waals surface area contributed by atoms with E-state index in [9.17, 15) is 4.39 Å². The van der Waals surface area contributed by atoms with Crippen molar-refractivity contribution < 1.29 is 4.39 Å². The quantitative estimate of drug-likeness (QED) is 0.439. The third-order valence-electron chi connectivity index (χ3n) is 2.58. The number of nitrogens with zero attached hydrogens (tertiary/aromatic N) is 1. The Balaban J connectivity index is 2.13. The number of hydrogen-bond acceptors (Lipinski definition) is 3. The lowest BCUT2D eigenvalue weighted by Gasteiger charge is -2.11. The van der Waals surface area contributed by atoms with E-state index >= 15 is 0 Å². The molecular formula is C14H22FN3S2. The monoisotopic (exact) mass is 315 g/mol. The molecule has 0 atom stereocenters. The summed E-state index contributed by atoms with van der Waals surface area (Å²) in [5, 5.41) is 6.48. The Morgan fingerprint density at radius 1 is 1.20 bits per heavy atom. The first kappa shape index (κ1) is 17.2. The topological polar surface area (TPSA) is 36.4 Å². The van der Waals surface area contributed by atoms with Crippen LogP contribution < -0.4 is 10.6 Å². The van der Waals surface area contributed by atoms with Crippen LogP contribution in [-0.4, -0.2) is 43.9 Å². The lowest BCUT2D eigenvalue weighted by atomic mass is 10.2. The van der Waals surface area contributed by atoms with Crippen LogP contribution in [0.1, 0.15) is 5.56 Å². The molecule has 1 aromatic carbocycles. The summed E-state index contributed by atoms with van der Waals surface area (Å²) in [7, 11) is 1.76. The molecule has 112 valence electrons. The molecule has 0 saturated carbocycles. The van der Waals surface area contributed by atoms with E-state index in [0.717, 1.165) is 36.1 Å². The molecule has 1 rings (SSSR count). The highest BCUT2D eigenvalue weighted by atomic mass is 32.2. The van der Waals surface area contributed by atoms with Gasteiger partial charge in [0.1, 0.15) is 5.82 Å². The molecule has 0 saturated heterocycles. The van der Waals surface area contributed by atoms with Gasteiger partial charge in [-0.25, -0.2) is 4.39 Å². The summed E-state index contributed by atoms with van der Waals surface area (Å²) in [6.45, 7) is 1.72. The standard InChI is InChI=1S/C14H22FN3S2/c1-16-14(17-7-9-19-2)18-8-10-20-11-12-5-3-4-6-13(12)15/h3-6H,7-11H2,1-2H3,(H2,16,17,18). The van der Waals surface area contributed by atoms with Crippen LogP contribution in [0, 0.1) is 5.82 Å². The van der Waals surface area contributed by atoms with Gasteiger partial charge in [0.05, 0.1) is 0 Å². The van der Waals surface area contributed by atoms with E-state index in [1.807, 2.05) is 12.1 Å². The van der Waals surface area contributed by atoms with Gasteiger partial charge in [-0.15, -0.1) is 0 Å². The zero-order chi connectivity index (χ0) is 14.6. The van der Waals surface area contributed by atoms with Crippen molar-refractivity contribution in [2.24, 2.45) is 4.99 Å². The fourth-order valence-electron chi connectivity index (χ4n) is 1.53. The molecule has 0 aliphatic heterocycles. The number of benzene rings is 1. The minimum atomic E-state index is -0.123. The van der Waals surface area contributed by atoms with Gasteiger partial charge in [-0.05, 0) is 17.9 Å². The Hall–Kier alpha value is -0.880. The maximum absolute atomic E-state index is 13.4. The summed E-state index contributed by atoms with van der Waals surface area (Å²) in [6, 6.07) is 6.92. The Kier molecular flexibility index (Phi) is 9.32. The molecule has 3 nitrogen and oxygen atoms in total. The average Bonchev–Trinajstić information content (AvgIpc) is 2.47. The second kappa shape index (κ2) is 10.9. The average molecular weight is 315 g/mol. The van der Waals surface area contributed by atoms with Gasteiger partial charge in [-0.3, -0.25) is 4.99 Å². The fourth-order valence-corrected chi connectivity index (χ4v) is 2.68. The maximum Gasteiger partial charge on any atom is 0.191 e. The van der Waals surface area contributed by atoms with E-state index in [1.54, 1.807) is 36.6 Å². The number of rotatable bonds is 8. The zero-order valence-corrected chi connectivity index (χ0v) is 13.6. The number of thioether (sulfide) groups is 2. The van der Waals surface area contributed by atoms with E-state index in [0.29, 0.717) is 5.75 Å². The Morgan fingerprint density at radius 2 is 1.90 bits per heavy atom. The molecular weight excluding hydrogens is 293 g/mol. The number of halogens is 1. The first-order valence-corrected chi connectivity index (χ1v) is 9.07. The second-order valence-corrected chi connectivity index (χ2v) is 6.15. The summed E-state index contributed by atoms with van der Waals surface area (Å²) in [6.07, 6.45) is 2.08. The normalized spacial score (nSPS) is 11.4. The third kappa shape index (κ3) is 7.05. The number of aliphatic imine (C=N–C) groups is 1. The predicted octanol–water partition coefficient (Wildman–Crippen LogP) is 2.59. The van der Waals surface area contributed by atoms with Crippen molar-refractivity contribution in [2.45, 2.75) is 5.75 Å². The van der Waals surface area contributed by atoms with E-state index < -0.39 is 0 Å². The summed E-state index contributed by atoms with van der Waals surface area (Å²) in [4.78, 5) is 4.15. The molecule has 0 aliphatic rings. The van der Waals surface area contributed by atoms with E-state index in [4.69, 9.17) is 0 Å². The molecule has 0 aliphatic carbocycles. The van der Waals surface area contributed by atoms with E-state index in [1.165, 1.54) is 6.07 Å². The van der Waals surface area contributed by atoms with Gasteiger partial charge in [0.15, 0.2) is 5.96 Å². The van der Waals surface area contributed by atoms with Crippen molar-refractivity contribution in [1.82, 2.24) is 10.6 Å². The van der Waals surface area contributed by atoms with Gasteiger partial charge in [-0.2, -0.15) is 23.5 Å². The molecule has 0 fully saturated rings. The first-order valence-electron chi connectivity index (χ1n) is 6.52. The van der Waals surface area contributed by atoms with Crippen LogP contribution in [0.25, 0.3) is 0 Å². The summed E-state index contributed by atoms with van der Waals surface area (Å²) in [5.74, 6) is 3.38. The minimum absolute atomic E-state index is 0.123. The fraction of sp³-hybridized carbons (Fsp3) is 0.500. The van der Waals surface area contributed by atoms with Crippen LogP contribution in [0.2, 0.25) is 0 Å². The predicted molar refractivity (Wildman–Crippen MR) is 90.3 cm³/mol. The van der Waals surface area contributed by atoms with Gasteiger partial charge in [-0.1, -0.05) is 18.2 Å². The van der Waals surface area contributed by atoms with Gasteiger partial charge >= 0.3 is 0 Å². The van der Waals surface area contributed by atoms with Crippen LogP contribution in [0.5, 0.6) is 0 Å². The largest absolute Gasteiger partial charge is 0.356 e. The van der Waals surface area contributed by atoms with Crippen LogP contribution in [-0.2, 0) is 5.75 Å². The highest BCUT2D eigenvalue weighted by Crippen LogP contribution is 2.14. The zero-order valence-electron chi connectivity index (χ0n) is 12.0. The molecule has 1 aromatic rings. The molecule has 0 spiro atoms. The maximum atomic E-state index is 13.4. The highest BCUT2D eigenvalue weighted by Gasteiger charge is 2.01. The van der Waals surface area contributed by atoms with Crippen molar-refractivity contribution in [2.75, 3.05) is 37.9 Å². The van der Waals surface area contributed by atoms with Crippen molar-refractivity contribution in [3.63, 3.8) is 0 Å². The number of guanidine groups is 1. The SMILES string of the molecule is CN=C(NCCSC)NCCSCc1ccccc1F. The molecule has 20 heavy (non-hydrogen) atoms. The van der Waals surface area contributed by atoms with Crippen LogP contribution in [0.3, 0.4) is 0 Å². The first-order chi connectivity index (χ1) is 9.77. The van der Waals surface area contributed by atoms with Crippen LogP contribution in [0.4, 0.5) is 4.39 Å². The van der Waals surface area contributed by atoms with E-state index in [-0.39, 0.29) is 5.82 Å². The van der Waals surface area contributed by atoms with E-state index in [2.05, 4.69) is 21.9 Å². The van der Waals surface area contributed by atoms with Crippen molar-refractivity contribution >= 4 is 29.5 Å². The van der Waals surface area contributed by atoms with Gasteiger partial charge in [0, 0.05) is 37.4 Å². The van der Waals surface area contributed by atoms with Gasteiger partial charge < -0.3 is 10.6 Å². The van der Waals surface area contributed by atoms with Crippen LogP contribution in [0.15, 0.2) is 29.3 Å². The van der Waals surface area contributed by atoms with Crippen molar-refractivity contribution in [3.05, 3.63) is 35.6 Å². The van der Waals surface area contributed by atoms with Crippen molar-refractivity contribution in [1.29, 1.82) is 0 Å². The third-order valence-corrected chi connectivity index (χ3v) is 4.20. The summed E-state index contributed by atoms with van der Waals surface area (Å²) in [5.41, 5.74) is 0.764. The Labute approximate surface area is 129 Å². The highest BCUT2D eigenvalue weighted by molar-refractivity contribution is 7.98. The lowest BCUT2D eigenvalue weighted by molar-refractivity contribution is 0.617. The molecule has 0 bridgehead atoms. The van der Waals surface area contributed by atoms with Crippen LogP contribution >= 0.6 is 23.5 Å². The lowest BCUT2D eigenvalue weighted by Crippen LogP contribution is -2.39.